The molecule has 2 aromatic carbocycles. The van der Waals surface area contributed by atoms with Crippen molar-refractivity contribution >= 4 is 17.8 Å². The van der Waals surface area contributed by atoms with Crippen molar-refractivity contribution in [1.29, 1.82) is 0 Å². The number of nitrogens with zero attached hydrogens (tertiary/aromatic N) is 3. The van der Waals surface area contributed by atoms with Crippen LogP contribution in [0.1, 0.15) is 38.1 Å². The molecule has 1 aromatic heterocycles. The lowest BCUT2D eigenvalue weighted by molar-refractivity contribution is 0.270. The average Bonchev–Trinajstić information content (AvgIpc) is 3.29. The van der Waals surface area contributed by atoms with Crippen molar-refractivity contribution in [2.45, 2.75) is 38.5 Å². The fraction of sp³-hybridized carbons (Fsp3) is 0.385. The molecule has 0 N–H and O–H groups in total. The van der Waals surface area contributed by atoms with Gasteiger partial charge in [0.15, 0.2) is 0 Å². The standard InChI is InChI=1S/C26H33N3O2S/c1-4-9-21(2)29(3)17-8-10-22-13-15-23(16-14-22)26-28-27-25(31-26)20-32-19-18-30-24-11-6-5-7-12-24/h5-8,10-16,21H,4,9,17-20H2,1-3H3/b10-8+. The molecule has 1 heterocycles. The normalized spacial score (nSPS) is 12.5. The summed E-state index contributed by atoms with van der Waals surface area (Å²) < 4.78 is 11.5. The smallest absolute Gasteiger partial charge is 0.247 e. The molecule has 5 nitrogen and oxygen atoms in total. The van der Waals surface area contributed by atoms with E-state index >= 15 is 0 Å². The van der Waals surface area contributed by atoms with Crippen molar-refractivity contribution in [2.75, 3.05) is 26.0 Å². The maximum atomic E-state index is 5.83. The molecule has 1 unspecified atom stereocenters. The van der Waals surface area contributed by atoms with Crippen molar-refractivity contribution in [3.8, 4) is 17.2 Å². The minimum absolute atomic E-state index is 0.560. The van der Waals surface area contributed by atoms with Gasteiger partial charge < -0.3 is 14.1 Å². The molecule has 0 saturated carbocycles. The fourth-order valence-electron chi connectivity index (χ4n) is 3.23. The van der Waals surface area contributed by atoms with E-state index in [9.17, 15) is 0 Å². The zero-order valence-electron chi connectivity index (χ0n) is 19.2. The van der Waals surface area contributed by atoms with Gasteiger partial charge in [0.05, 0.1) is 12.4 Å². The van der Waals surface area contributed by atoms with Crippen molar-refractivity contribution in [2.24, 2.45) is 0 Å². The first-order valence-electron chi connectivity index (χ1n) is 11.2. The molecular formula is C26H33N3O2S. The van der Waals surface area contributed by atoms with Gasteiger partial charge in [0.1, 0.15) is 5.75 Å². The van der Waals surface area contributed by atoms with Gasteiger partial charge in [-0.1, -0.05) is 55.8 Å². The van der Waals surface area contributed by atoms with Crippen LogP contribution in [0.5, 0.6) is 5.75 Å². The summed E-state index contributed by atoms with van der Waals surface area (Å²) in [5.74, 6) is 3.63. The molecule has 0 radical (unpaired) electrons. The zero-order chi connectivity index (χ0) is 22.6. The Morgan fingerprint density at radius 1 is 1.09 bits per heavy atom. The first-order valence-corrected chi connectivity index (χ1v) is 12.4. The van der Waals surface area contributed by atoms with E-state index in [-0.39, 0.29) is 0 Å². The predicted molar refractivity (Wildman–Crippen MR) is 134 cm³/mol. The van der Waals surface area contributed by atoms with Gasteiger partial charge in [-0.2, -0.15) is 0 Å². The van der Waals surface area contributed by atoms with Gasteiger partial charge in [0, 0.05) is 23.9 Å². The Balaban J connectivity index is 1.42. The quantitative estimate of drug-likeness (QED) is 0.289. The molecule has 3 rings (SSSR count). The van der Waals surface area contributed by atoms with E-state index < -0.39 is 0 Å². The molecule has 0 fully saturated rings. The topological polar surface area (TPSA) is 51.4 Å². The van der Waals surface area contributed by atoms with Gasteiger partial charge >= 0.3 is 0 Å². The number of para-hydroxylation sites is 1. The van der Waals surface area contributed by atoms with Crippen molar-refractivity contribution in [3.63, 3.8) is 0 Å². The second kappa shape index (κ2) is 13.1. The number of hydrogen-bond acceptors (Lipinski definition) is 6. The lowest BCUT2D eigenvalue weighted by Crippen LogP contribution is -2.28. The summed E-state index contributed by atoms with van der Waals surface area (Å²) in [6.45, 7) is 6.11. The van der Waals surface area contributed by atoms with Crippen LogP contribution in [0, 0.1) is 0 Å². The summed E-state index contributed by atoms with van der Waals surface area (Å²) >= 11 is 1.72. The molecule has 0 amide bonds. The summed E-state index contributed by atoms with van der Waals surface area (Å²) in [7, 11) is 2.18. The SMILES string of the molecule is CCCC(C)N(C)C/C=C/c1ccc(-c2nnc(CSCCOc3ccccc3)o2)cc1. The minimum atomic E-state index is 0.560. The van der Waals surface area contributed by atoms with Gasteiger partial charge in [-0.3, -0.25) is 0 Å². The third-order valence-electron chi connectivity index (χ3n) is 5.25. The van der Waals surface area contributed by atoms with Crippen LogP contribution in [0.25, 0.3) is 17.5 Å². The Labute approximate surface area is 195 Å². The molecule has 0 saturated heterocycles. The van der Waals surface area contributed by atoms with Crippen LogP contribution in [0.3, 0.4) is 0 Å². The van der Waals surface area contributed by atoms with E-state index in [1.807, 2.05) is 42.5 Å². The van der Waals surface area contributed by atoms with Crippen LogP contribution >= 0.6 is 11.8 Å². The Morgan fingerprint density at radius 3 is 2.62 bits per heavy atom. The molecule has 0 aliphatic carbocycles. The van der Waals surface area contributed by atoms with Crippen molar-refractivity contribution in [3.05, 3.63) is 72.1 Å². The highest BCUT2D eigenvalue weighted by Crippen LogP contribution is 2.21. The third kappa shape index (κ3) is 7.84. The maximum Gasteiger partial charge on any atom is 0.247 e. The van der Waals surface area contributed by atoms with E-state index in [0.717, 1.165) is 23.6 Å². The molecule has 3 aromatic rings. The lowest BCUT2D eigenvalue weighted by Gasteiger charge is -2.22. The van der Waals surface area contributed by atoms with E-state index in [1.54, 1.807) is 11.8 Å². The predicted octanol–water partition coefficient (Wildman–Crippen LogP) is 6.18. The molecule has 170 valence electrons. The monoisotopic (exact) mass is 451 g/mol. The Hall–Kier alpha value is -2.57. The van der Waals surface area contributed by atoms with E-state index in [0.29, 0.717) is 30.2 Å². The maximum absolute atomic E-state index is 5.83. The van der Waals surface area contributed by atoms with Crippen LogP contribution < -0.4 is 4.74 Å². The van der Waals surface area contributed by atoms with Crippen LogP contribution in [0.2, 0.25) is 0 Å². The molecule has 6 heteroatoms. The lowest BCUT2D eigenvalue weighted by atomic mass is 10.1. The molecule has 0 aliphatic heterocycles. The van der Waals surface area contributed by atoms with Crippen LogP contribution in [-0.2, 0) is 5.75 Å². The minimum Gasteiger partial charge on any atom is -0.493 e. The number of likely N-dealkylation sites (N-methyl/N-ethyl adjacent to an activating group) is 1. The largest absolute Gasteiger partial charge is 0.493 e. The highest BCUT2D eigenvalue weighted by atomic mass is 32.2. The van der Waals surface area contributed by atoms with Gasteiger partial charge in [-0.15, -0.1) is 22.0 Å². The van der Waals surface area contributed by atoms with Gasteiger partial charge in [0.2, 0.25) is 11.8 Å². The van der Waals surface area contributed by atoms with Gasteiger partial charge in [-0.25, -0.2) is 0 Å². The zero-order valence-corrected chi connectivity index (χ0v) is 20.1. The summed E-state index contributed by atoms with van der Waals surface area (Å²) in [6.07, 6.45) is 6.82. The van der Waals surface area contributed by atoms with Crippen LogP contribution in [0.15, 0.2) is 65.1 Å². The number of benzene rings is 2. The first-order chi connectivity index (χ1) is 15.7. The summed E-state index contributed by atoms with van der Waals surface area (Å²) in [5, 5.41) is 8.37. The fourth-order valence-corrected chi connectivity index (χ4v) is 3.87. The Bertz CT molecular complexity index is 941. The molecule has 32 heavy (non-hydrogen) atoms. The average molecular weight is 452 g/mol. The summed E-state index contributed by atoms with van der Waals surface area (Å²) in [4.78, 5) is 2.38. The highest BCUT2D eigenvalue weighted by molar-refractivity contribution is 7.98. The Morgan fingerprint density at radius 2 is 1.88 bits per heavy atom. The highest BCUT2D eigenvalue weighted by Gasteiger charge is 2.09. The van der Waals surface area contributed by atoms with Gasteiger partial charge in [-0.05, 0) is 50.2 Å². The van der Waals surface area contributed by atoms with Crippen molar-refractivity contribution < 1.29 is 9.15 Å². The molecule has 0 aliphatic rings. The second-order valence-corrected chi connectivity index (χ2v) is 8.92. The number of aromatic nitrogens is 2. The molecule has 1 atom stereocenters. The third-order valence-corrected chi connectivity index (χ3v) is 6.16. The first kappa shape index (κ1) is 24.1. The summed E-state index contributed by atoms with van der Waals surface area (Å²) in [5.41, 5.74) is 2.10. The van der Waals surface area contributed by atoms with Crippen molar-refractivity contribution in [1.82, 2.24) is 15.1 Å². The molecule has 0 bridgehead atoms. The van der Waals surface area contributed by atoms with Gasteiger partial charge in [0.25, 0.3) is 0 Å². The molecule has 0 spiro atoms. The summed E-state index contributed by atoms with van der Waals surface area (Å²) in [6, 6.07) is 18.7. The number of hydrogen-bond donors (Lipinski definition) is 0. The second-order valence-electron chi connectivity index (χ2n) is 7.82. The van der Waals surface area contributed by atoms with Crippen LogP contribution in [-0.4, -0.2) is 47.1 Å². The van der Waals surface area contributed by atoms with Crippen LogP contribution in [0.4, 0.5) is 0 Å². The van der Waals surface area contributed by atoms with E-state index in [1.165, 1.54) is 18.4 Å². The molecular weight excluding hydrogens is 418 g/mol. The number of rotatable bonds is 13. The number of thioether (sulfide) groups is 1. The Kier molecular flexibility index (Phi) is 9.85. The number of ether oxygens (including phenoxy) is 1. The van der Waals surface area contributed by atoms with E-state index in [4.69, 9.17) is 9.15 Å². The van der Waals surface area contributed by atoms with E-state index in [2.05, 4.69) is 60.3 Å².